The summed E-state index contributed by atoms with van der Waals surface area (Å²) in [6, 6.07) is 7.64. The fourth-order valence-corrected chi connectivity index (χ4v) is 3.74. The van der Waals surface area contributed by atoms with Gasteiger partial charge in [-0.3, -0.25) is 0 Å². The van der Waals surface area contributed by atoms with Crippen molar-refractivity contribution in [2.24, 2.45) is 0 Å². The van der Waals surface area contributed by atoms with Crippen molar-refractivity contribution in [1.82, 2.24) is 10.2 Å². The highest BCUT2D eigenvalue weighted by Gasteiger charge is 2.30. The fraction of sp³-hybridized carbons (Fsp3) is 0.429. The van der Waals surface area contributed by atoms with Crippen molar-refractivity contribution in [3.63, 3.8) is 0 Å². The number of piperidine rings is 1. The molecule has 1 aromatic rings. The maximum absolute atomic E-state index is 13.9. The number of nitrogens with zero attached hydrogens (tertiary/aromatic N) is 1. The maximum atomic E-state index is 13.9. The second-order valence-electron chi connectivity index (χ2n) is 4.72. The Morgan fingerprint density at radius 1 is 1.22 bits per heavy atom. The highest BCUT2D eigenvalue weighted by Crippen LogP contribution is 2.42. The Morgan fingerprint density at radius 3 is 2.78 bits per heavy atom. The molecule has 1 saturated heterocycles. The smallest absolute Gasteiger partial charge is 0.129 e. The average molecular weight is 264 g/mol. The predicted molar refractivity (Wildman–Crippen MR) is 73.6 cm³/mol. The summed E-state index contributed by atoms with van der Waals surface area (Å²) in [5.74, 6) is -0.0994. The van der Waals surface area contributed by atoms with E-state index in [-0.39, 0.29) is 11.2 Å². The molecule has 1 aromatic carbocycles. The van der Waals surface area contributed by atoms with Crippen LogP contribution in [0.5, 0.6) is 0 Å². The average Bonchev–Trinajstić information content (AvgIpc) is 2.89. The van der Waals surface area contributed by atoms with Crippen molar-refractivity contribution < 1.29 is 4.39 Å². The number of halogens is 1. The molecule has 0 saturated carbocycles. The molecular formula is C14H17FN2S. The minimum absolute atomic E-state index is 0.0994. The lowest BCUT2D eigenvalue weighted by atomic mass is 10.0. The zero-order valence-electron chi connectivity index (χ0n) is 10.2. The van der Waals surface area contributed by atoms with E-state index in [0.29, 0.717) is 6.04 Å². The van der Waals surface area contributed by atoms with Gasteiger partial charge in [0, 0.05) is 17.8 Å². The first kappa shape index (κ1) is 12.1. The zero-order chi connectivity index (χ0) is 12.4. The van der Waals surface area contributed by atoms with E-state index < -0.39 is 0 Å². The lowest BCUT2D eigenvalue weighted by Crippen LogP contribution is -2.40. The van der Waals surface area contributed by atoms with Crippen LogP contribution < -0.4 is 5.32 Å². The van der Waals surface area contributed by atoms with Crippen LogP contribution in [-0.2, 0) is 0 Å². The summed E-state index contributed by atoms with van der Waals surface area (Å²) in [5.41, 5.74) is 0.797. The Balaban J connectivity index is 1.82. The molecule has 0 spiro atoms. The van der Waals surface area contributed by atoms with Crippen LogP contribution in [0.25, 0.3) is 0 Å². The Morgan fingerprint density at radius 2 is 2.00 bits per heavy atom. The molecule has 2 aliphatic heterocycles. The first-order chi connectivity index (χ1) is 8.86. The Kier molecular flexibility index (Phi) is 3.57. The van der Waals surface area contributed by atoms with Crippen molar-refractivity contribution in [1.29, 1.82) is 0 Å². The fourth-order valence-electron chi connectivity index (χ4n) is 2.66. The minimum atomic E-state index is -0.0994. The van der Waals surface area contributed by atoms with Gasteiger partial charge >= 0.3 is 0 Å². The van der Waals surface area contributed by atoms with Gasteiger partial charge in [0.1, 0.15) is 11.2 Å². The Hall–Kier alpha value is -1.00. The molecule has 18 heavy (non-hydrogen) atoms. The first-order valence-electron chi connectivity index (χ1n) is 6.41. The summed E-state index contributed by atoms with van der Waals surface area (Å²) < 4.78 is 13.9. The second kappa shape index (κ2) is 5.33. The molecule has 2 nitrogen and oxygen atoms in total. The van der Waals surface area contributed by atoms with Gasteiger partial charge < -0.3 is 10.2 Å². The third-order valence-electron chi connectivity index (χ3n) is 3.61. The molecular weight excluding hydrogens is 247 g/mol. The Labute approximate surface area is 111 Å². The number of rotatable bonds is 2. The van der Waals surface area contributed by atoms with Crippen LogP contribution in [0, 0.1) is 5.82 Å². The number of nitrogens with one attached hydrogen (secondary N) is 1. The summed E-state index contributed by atoms with van der Waals surface area (Å²) >= 11 is 1.70. The van der Waals surface area contributed by atoms with Gasteiger partial charge in [0.25, 0.3) is 0 Å². The lowest BCUT2D eigenvalue weighted by molar-refractivity contribution is 0.216. The summed E-state index contributed by atoms with van der Waals surface area (Å²) in [4.78, 5) is 2.32. The molecule has 2 heterocycles. The molecule has 0 aromatic heterocycles. The zero-order valence-corrected chi connectivity index (χ0v) is 11.0. The van der Waals surface area contributed by atoms with Crippen molar-refractivity contribution in [2.45, 2.75) is 24.3 Å². The van der Waals surface area contributed by atoms with Gasteiger partial charge in [-0.1, -0.05) is 18.2 Å². The minimum Gasteiger partial charge on any atom is -0.358 e. The van der Waals surface area contributed by atoms with E-state index in [1.807, 2.05) is 12.1 Å². The van der Waals surface area contributed by atoms with E-state index in [1.165, 1.54) is 0 Å². The molecule has 1 fully saturated rings. The molecule has 0 aliphatic carbocycles. The van der Waals surface area contributed by atoms with Gasteiger partial charge in [0.2, 0.25) is 0 Å². The van der Waals surface area contributed by atoms with Gasteiger partial charge in [-0.15, -0.1) is 11.8 Å². The maximum Gasteiger partial charge on any atom is 0.129 e. The molecule has 96 valence electrons. The Bertz CT molecular complexity index is 443. The van der Waals surface area contributed by atoms with Crippen molar-refractivity contribution in [3.8, 4) is 0 Å². The quantitative estimate of drug-likeness (QED) is 0.883. The summed E-state index contributed by atoms with van der Waals surface area (Å²) in [6.45, 7) is 2.12. The van der Waals surface area contributed by atoms with Gasteiger partial charge in [-0.05, 0) is 37.4 Å². The van der Waals surface area contributed by atoms with Crippen LogP contribution in [-0.4, -0.2) is 24.0 Å². The van der Waals surface area contributed by atoms with E-state index in [4.69, 9.17) is 0 Å². The third-order valence-corrected chi connectivity index (χ3v) is 4.65. The highest BCUT2D eigenvalue weighted by atomic mass is 32.2. The molecule has 1 atom stereocenters. The molecule has 0 radical (unpaired) electrons. The molecule has 4 heteroatoms. The van der Waals surface area contributed by atoms with Gasteiger partial charge in [-0.25, -0.2) is 4.39 Å². The van der Waals surface area contributed by atoms with Gasteiger partial charge in [-0.2, -0.15) is 0 Å². The van der Waals surface area contributed by atoms with Crippen molar-refractivity contribution in [3.05, 3.63) is 47.3 Å². The van der Waals surface area contributed by atoms with E-state index in [1.54, 1.807) is 23.9 Å². The van der Waals surface area contributed by atoms with E-state index in [0.717, 1.165) is 31.5 Å². The van der Waals surface area contributed by atoms with Gasteiger partial charge in [0.05, 0.1) is 0 Å². The summed E-state index contributed by atoms with van der Waals surface area (Å²) in [7, 11) is 0. The molecule has 1 N–H and O–H groups in total. The largest absolute Gasteiger partial charge is 0.358 e. The van der Waals surface area contributed by atoms with E-state index >= 15 is 0 Å². The third kappa shape index (κ3) is 2.27. The second-order valence-corrected chi connectivity index (χ2v) is 5.71. The van der Waals surface area contributed by atoms with Crippen LogP contribution >= 0.6 is 11.8 Å². The summed E-state index contributed by atoms with van der Waals surface area (Å²) in [5, 5.41) is 5.56. The van der Waals surface area contributed by atoms with Crippen LogP contribution in [0.3, 0.4) is 0 Å². The normalized spacial score (nSPS) is 24.7. The van der Waals surface area contributed by atoms with Crippen LogP contribution in [0.15, 0.2) is 35.9 Å². The molecule has 1 unspecified atom stereocenters. The highest BCUT2D eigenvalue weighted by molar-refractivity contribution is 8.02. The van der Waals surface area contributed by atoms with Crippen LogP contribution in [0.1, 0.15) is 23.8 Å². The van der Waals surface area contributed by atoms with E-state index in [2.05, 4.69) is 21.8 Å². The summed E-state index contributed by atoms with van der Waals surface area (Å²) in [6.07, 6.45) is 4.39. The number of hydrogen-bond acceptors (Lipinski definition) is 3. The number of hydrogen-bond donors (Lipinski definition) is 1. The number of benzene rings is 1. The van der Waals surface area contributed by atoms with Crippen LogP contribution in [0.4, 0.5) is 4.39 Å². The van der Waals surface area contributed by atoms with Crippen molar-refractivity contribution in [2.75, 3.05) is 13.1 Å². The van der Waals surface area contributed by atoms with E-state index in [9.17, 15) is 4.39 Å². The monoisotopic (exact) mass is 264 g/mol. The predicted octanol–water partition coefficient (Wildman–Crippen LogP) is 3.10. The topological polar surface area (TPSA) is 15.3 Å². The molecule has 3 rings (SSSR count). The van der Waals surface area contributed by atoms with Gasteiger partial charge in [0.15, 0.2) is 0 Å². The van der Waals surface area contributed by atoms with Crippen LogP contribution in [0.2, 0.25) is 0 Å². The SMILES string of the molecule is Fc1ccccc1C1SC=CN1C1CCNCC1. The first-order valence-corrected chi connectivity index (χ1v) is 7.35. The molecule has 2 aliphatic rings. The number of thioether (sulfide) groups is 1. The molecule has 0 bridgehead atoms. The van der Waals surface area contributed by atoms with Crippen molar-refractivity contribution >= 4 is 11.8 Å². The lowest BCUT2D eigenvalue weighted by Gasteiger charge is -2.36. The molecule has 0 amide bonds. The standard InChI is InChI=1S/C14H17FN2S/c15-13-4-2-1-3-12(13)14-17(9-10-18-14)11-5-7-16-8-6-11/h1-4,9-11,14,16H,5-8H2.